The number of benzene rings is 2. The molecule has 1 N–H and O–H groups in total. The molecule has 1 aromatic heterocycles. The van der Waals surface area contributed by atoms with Crippen molar-refractivity contribution in [2.45, 2.75) is 39.3 Å². The number of nitrogens with one attached hydrogen (secondary N) is 1. The van der Waals surface area contributed by atoms with E-state index in [0.717, 1.165) is 52.9 Å². The Bertz CT molecular complexity index is 1310. The molecule has 3 heterocycles. The number of hydrogen-bond acceptors (Lipinski definition) is 4. The first kappa shape index (κ1) is 23.0. The fraction of sp³-hybridized carbons (Fsp3) is 0.321. The first-order valence-electron chi connectivity index (χ1n) is 12.0. The summed E-state index contributed by atoms with van der Waals surface area (Å²) in [5.74, 6) is 1.05. The first-order valence-corrected chi connectivity index (χ1v) is 12.0. The molecule has 0 saturated carbocycles. The number of nitrogens with zero attached hydrogens (tertiary/aromatic N) is 3. The van der Waals surface area contributed by atoms with E-state index in [1.54, 1.807) is 25.4 Å². The minimum atomic E-state index is -0.269. The molecule has 0 radical (unpaired) electrons. The van der Waals surface area contributed by atoms with E-state index in [9.17, 15) is 9.18 Å². The molecule has 0 spiro atoms. The van der Waals surface area contributed by atoms with Gasteiger partial charge in [0, 0.05) is 43.9 Å². The topological polar surface area (TPSA) is 69.5 Å². The lowest BCUT2D eigenvalue weighted by Crippen LogP contribution is -2.37. The lowest BCUT2D eigenvalue weighted by Gasteiger charge is -2.31. The van der Waals surface area contributed by atoms with Gasteiger partial charge in [-0.1, -0.05) is 6.07 Å². The highest BCUT2D eigenvalue weighted by atomic mass is 19.1. The number of hydrogen-bond donors (Lipinski definition) is 1. The number of amides is 1. The molecule has 1 fully saturated rings. The van der Waals surface area contributed by atoms with E-state index in [-0.39, 0.29) is 11.7 Å². The Morgan fingerprint density at radius 1 is 1.00 bits per heavy atom. The fourth-order valence-electron chi connectivity index (χ4n) is 5.11. The molecule has 2 aliphatic rings. The van der Waals surface area contributed by atoms with Gasteiger partial charge in [0.15, 0.2) is 0 Å². The first-order chi connectivity index (χ1) is 16.9. The van der Waals surface area contributed by atoms with Crippen LogP contribution in [-0.4, -0.2) is 46.7 Å². The van der Waals surface area contributed by atoms with E-state index in [1.807, 2.05) is 24.0 Å². The molecule has 5 rings (SSSR count). The number of halogens is 1. The second-order valence-corrected chi connectivity index (χ2v) is 9.26. The monoisotopic (exact) mass is 472 g/mol. The molecule has 7 heteroatoms. The lowest BCUT2D eigenvalue weighted by atomic mass is 9.86. The summed E-state index contributed by atoms with van der Waals surface area (Å²) in [6.07, 6.45) is 4.16. The molecule has 0 aliphatic carbocycles. The van der Waals surface area contributed by atoms with Crippen LogP contribution < -0.4 is 4.74 Å². The fourth-order valence-corrected chi connectivity index (χ4v) is 5.11. The van der Waals surface area contributed by atoms with Crippen LogP contribution in [0.2, 0.25) is 0 Å². The standard InChI is InChI=1S/C28H29FN4O2/c1-18-12-20(29)5-6-23(18)25-13-19(16-32-10-3-4-27(32)30)14-26-24(25)8-11-33(28(26)34)17-21-15-22(35-2)7-9-31-21/h5-7,9,12-15,30H,3-4,8,10-11,16-17H2,1-2H3. The van der Waals surface area contributed by atoms with E-state index in [1.165, 1.54) is 12.1 Å². The Kier molecular flexibility index (Phi) is 6.24. The normalized spacial score (nSPS) is 15.5. The average molecular weight is 473 g/mol. The maximum Gasteiger partial charge on any atom is 0.254 e. The Labute approximate surface area is 204 Å². The third-order valence-corrected chi connectivity index (χ3v) is 6.91. The van der Waals surface area contributed by atoms with E-state index >= 15 is 0 Å². The van der Waals surface area contributed by atoms with E-state index in [0.29, 0.717) is 43.2 Å². The van der Waals surface area contributed by atoms with Crippen molar-refractivity contribution < 1.29 is 13.9 Å². The predicted octanol–water partition coefficient (Wildman–Crippen LogP) is 4.98. The minimum absolute atomic E-state index is 0.0322. The summed E-state index contributed by atoms with van der Waals surface area (Å²) in [5.41, 5.74) is 6.21. The molecule has 0 atom stereocenters. The van der Waals surface area contributed by atoms with Crippen molar-refractivity contribution in [1.82, 2.24) is 14.8 Å². The number of aryl methyl sites for hydroxylation is 1. The Hall–Kier alpha value is -3.74. The smallest absolute Gasteiger partial charge is 0.254 e. The quantitative estimate of drug-likeness (QED) is 0.550. The molecule has 2 aromatic carbocycles. The molecule has 3 aromatic rings. The largest absolute Gasteiger partial charge is 0.497 e. The maximum atomic E-state index is 13.9. The number of carbonyl (C=O) groups excluding carboxylic acids is 1. The average Bonchev–Trinajstić information content (AvgIpc) is 3.25. The highest BCUT2D eigenvalue weighted by Gasteiger charge is 2.29. The summed E-state index contributed by atoms with van der Waals surface area (Å²) in [6, 6.07) is 12.6. The molecule has 6 nitrogen and oxygen atoms in total. The molecule has 0 unspecified atom stereocenters. The summed E-state index contributed by atoms with van der Waals surface area (Å²) in [5, 5.41) is 8.24. The summed E-state index contributed by atoms with van der Waals surface area (Å²) in [7, 11) is 1.61. The van der Waals surface area contributed by atoms with Crippen LogP contribution in [0.5, 0.6) is 5.75 Å². The molecular weight excluding hydrogens is 443 g/mol. The van der Waals surface area contributed by atoms with Crippen molar-refractivity contribution >= 4 is 11.7 Å². The Balaban J connectivity index is 1.54. The Morgan fingerprint density at radius 2 is 1.83 bits per heavy atom. The highest BCUT2D eigenvalue weighted by molar-refractivity contribution is 5.99. The van der Waals surface area contributed by atoms with Gasteiger partial charge in [0.05, 0.1) is 25.2 Å². The number of amidine groups is 1. The molecule has 1 saturated heterocycles. The number of carbonyl (C=O) groups is 1. The van der Waals surface area contributed by atoms with Gasteiger partial charge in [-0.05, 0) is 77.9 Å². The van der Waals surface area contributed by atoms with Crippen molar-refractivity contribution in [3.05, 3.63) is 82.4 Å². The maximum absolute atomic E-state index is 13.9. The van der Waals surface area contributed by atoms with Gasteiger partial charge in [0.1, 0.15) is 11.6 Å². The van der Waals surface area contributed by atoms with Crippen molar-refractivity contribution in [2.24, 2.45) is 0 Å². The van der Waals surface area contributed by atoms with Crippen LogP contribution in [0.3, 0.4) is 0 Å². The van der Waals surface area contributed by atoms with Gasteiger partial charge in [-0.3, -0.25) is 15.2 Å². The molecule has 1 amide bonds. The molecule has 35 heavy (non-hydrogen) atoms. The van der Waals surface area contributed by atoms with Crippen LogP contribution in [0, 0.1) is 18.2 Å². The highest BCUT2D eigenvalue weighted by Crippen LogP contribution is 2.35. The van der Waals surface area contributed by atoms with Crippen LogP contribution in [0.25, 0.3) is 11.1 Å². The van der Waals surface area contributed by atoms with Gasteiger partial charge < -0.3 is 14.5 Å². The van der Waals surface area contributed by atoms with Crippen LogP contribution >= 0.6 is 0 Å². The predicted molar refractivity (Wildman–Crippen MR) is 133 cm³/mol. The van der Waals surface area contributed by atoms with Gasteiger partial charge in [0.25, 0.3) is 5.91 Å². The summed E-state index contributed by atoms with van der Waals surface area (Å²) in [6.45, 7) is 4.32. The second kappa shape index (κ2) is 9.49. The van der Waals surface area contributed by atoms with Gasteiger partial charge in [-0.25, -0.2) is 4.39 Å². The third-order valence-electron chi connectivity index (χ3n) is 6.91. The SMILES string of the molecule is COc1ccnc(CN2CCc3c(cc(CN4CCCC4=N)cc3-c3ccc(F)cc3C)C2=O)c1. The zero-order chi connectivity index (χ0) is 24.5. The van der Waals surface area contributed by atoms with Crippen molar-refractivity contribution in [1.29, 1.82) is 5.41 Å². The minimum Gasteiger partial charge on any atom is -0.497 e. The molecule has 0 bridgehead atoms. The summed E-state index contributed by atoms with van der Waals surface area (Å²) >= 11 is 0. The van der Waals surface area contributed by atoms with Gasteiger partial charge in [-0.15, -0.1) is 0 Å². The van der Waals surface area contributed by atoms with Crippen LogP contribution in [0.1, 0.15) is 45.6 Å². The third kappa shape index (κ3) is 4.63. The number of aromatic nitrogens is 1. The number of pyridine rings is 1. The van der Waals surface area contributed by atoms with Crippen molar-refractivity contribution in [2.75, 3.05) is 20.2 Å². The zero-order valence-corrected chi connectivity index (χ0v) is 20.1. The van der Waals surface area contributed by atoms with Crippen LogP contribution in [0.15, 0.2) is 48.7 Å². The van der Waals surface area contributed by atoms with Crippen LogP contribution in [-0.2, 0) is 19.5 Å². The summed E-state index contributed by atoms with van der Waals surface area (Å²) in [4.78, 5) is 22.0. The van der Waals surface area contributed by atoms with E-state index < -0.39 is 0 Å². The van der Waals surface area contributed by atoms with E-state index in [4.69, 9.17) is 10.1 Å². The van der Waals surface area contributed by atoms with Gasteiger partial charge in [0.2, 0.25) is 0 Å². The van der Waals surface area contributed by atoms with Gasteiger partial charge >= 0.3 is 0 Å². The number of ether oxygens (including phenoxy) is 1. The van der Waals surface area contributed by atoms with Crippen molar-refractivity contribution in [3.8, 4) is 16.9 Å². The second-order valence-electron chi connectivity index (χ2n) is 9.26. The van der Waals surface area contributed by atoms with Gasteiger partial charge in [-0.2, -0.15) is 0 Å². The zero-order valence-electron chi connectivity index (χ0n) is 20.1. The molecule has 2 aliphatic heterocycles. The summed E-state index contributed by atoms with van der Waals surface area (Å²) < 4.78 is 19.2. The van der Waals surface area contributed by atoms with E-state index in [2.05, 4.69) is 16.0 Å². The lowest BCUT2D eigenvalue weighted by molar-refractivity contribution is 0.0724. The Morgan fingerprint density at radius 3 is 2.57 bits per heavy atom. The van der Waals surface area contributed by atoms with Crippen LogP contribution in [0.4, 0.5) is 4.39 Å². The number of rotatable bonds is 6. The number of fused-ring (bicyclic) bond motifs is 1. The van der Waals surface area contributed by atoms with Crippen molar-refractivity contribution in [3.63, 3.8) is 0 Å². The number of methoxy groups -OCH3 is 1. The molecule has 180 valence electrons. The molecular formula is C28H29FN4O2. The number of likely N-dealkylation sites (tertiary alicyclic amines) is 1.